The van der Waals surface area contributed by atoms with Gasteiger partial charge in [-0.1, -0.05) is 24.3 Å². The van der Waals surface area contributed by atoms with E-state index < -0.39 is 9.05 Å². The lowest BCUT2D eigenvalue weighted by molar-refractivity contribution is 0.299. The fourth-order valence-electron chi connectivity index (χ4n) is 1.20. The van der Waals surface area contributed by atoms with Gasteiger partial charge in [0.25, 0.3) is 0 Å². The molecule has 0 aromatic heterocycles. The summed E-state index contributed by atoms with van der Waals surface area (Å²) in [5.41, 5.74) is 1.55. The fraction of sp³-hybridized carbons (Fsp3) is 0.333. The number of rotatable bonds is 4. The van der Waals surface area contributed by atoms with Gasteiger partial charge in [0, 0.05) is 17.3 Å². The molecule has 78 valence electrons. The van der Waals surface area contributed by atoms with Crippen LogP contribution in [-0.4, -0.2) is 20.1 Å². The SMILES string of the molecule is O=S(=O)(Cl)Cc1cccc(CCO)c1. The number of aliphatic hydroxyl groups excluding tert-OH is 1. The van der Waals surface area contributed by atoms with Crippen molar-refractivity contribution in [2.45, 2.75) is 12.2 Å². The number of hydrogen-bond donors (Lipinski definition) is 1. The molecule has 14 heavy (non-hydrogen) atoms. The first-order valence-electron chi connectivity index (χ1n) is 4.12. The molecule has 5 heteroatoms. The Morgan fingerprint density at radius 1 is 1.29 bits per heavy atom. The van der Waals surface area contributed by atoms with Gasteiger partial charge in [0.2, 0.25) is 9.05 Å². The van der Waals surface area contributed by atoms with E-state index in [1.54, 1.807) is 18.2 Å². The van der Waals surface area contributed by atoms with Crippen molar-refractivity contribution in [1.29, 1.82) is 0 Å². The minimum Gasteiger partial charge on any atom is -0.396 e. The van der Waals surface area contributed by atoms with E-state index in [0.717, 1.165) is 5.56 Å². The quantitative estimate of drug-likeness (QED) is 0.799. The highest BCUT2D eigenvalue weighted by molar-refractivity contribution is 8.13. The zero-order valence-corrected chi connectivity index (χ0v) is 9.05. The summed E-state index contributed by atoms with van der Waals surface area (Å²) in [6, 6.07) is 7.01. The van der Waals surface area contributed by atoms with Crippen molar-refractivity contribution in [2.24, 2.45) is 0 Å². The van der Waals surface area contributed by atoms with Crippen LogP contribution >= 0.6 is 10.7 Å². The van der Waals surface area contributed by atoms with Gasteiger partial charge in [0.1, 0.15) is 0 Å². The Morgan fingerprint density at radius 2 is 1.93 bits per heavy atom. The highest BCUT2D eigenvalue weighted by Gasteiger charge is 2.06. The second-order valence-electron chi connectivity index (χ2n) is 2.98. The average Bonchev–Trinajstić information content (AvgIpc) is 2.02. The Hall–Kier alpha value is -0.580. The van der Waals surface area contributed by atoms with Crippen molar-refractivity contribution < 1.29 is 13.5 Å². The van der Waals surface area contributed by atoms with Crippen LogP contribution in [0.4, 0.5) is 0 Å². The van der Waals surface area contributed by atoms with Gasteiger partial charge >= 0.3 is 0 Å². The summed E-state index contributed by atoms with van der Waals surface area (Å²) in [5.74, 6) is -0.173. The van der Waals surface area contributed by atoms with Crippen LogP contribution in [0.15, 0.2) is 24.3 Å². The van der Waals surface area contributed by atoms with Crippen molar-refractivity contribution in [2.75, 3.05) is 6.61 Å². The Kier molecular flexibility index (Phi) is 3.92. The molecule has 0 radical (unpaired) electrons. The van der Waals surface area contributed by atoms with E-state index in [0.29, 0.717) is 12.0 Å². The molecule has 0 heterocycles. The number of halogens is 1. The number of benzene rings is 1. The highest BCUT2D eigenvalue weighted by Crippen LogP contribution is 2.11. The van der Waals surface area contributed by atoms with Crippen molar-refractivity contribution >= 4 is 19.7 Å². The standard InChI is InChI=1S/C9H11ClO3S/c10-14(12,13)7-9-3-1-2-8(6-9)4-5-11/h1-3,6,11H,4-5,7H2. The Balaban J connectivity index is 2.83. The maximum atomic E-state index is 10.8. The van der Waals surface area contributed by atoms with Crippen LogP contribution in [0.25, 0.3) is 0 Å². The maximum Gasteiger partial charge on any atom is 0.236 e. The predicted molar refractivity (Wildman–Crippen MR) is 55.7 cm³/mol. The first kappa shape index (κ1) is 11.5. The second kappa shape index (κ2) is 4.77. The molecule has 3 nitrogen and oxygen atoms in total. The van der Waals surface area contributed by atoms with Crippen LogP contribution in [0.2, 0.25) is 0 Å². The zero-order chi connectivity index (χ0) is 10.6. The van der Waals surface area contributed by atoms with Crippen LogP contribution in [-0.2, 0) is 21.2 Å². The lowest BCUT2D eigenvalue weighted by atomic mass is 10.1. The van der Waals surface area contributed by atoms with Crippen LogP contribution in [0.5, 0.6) is 0 Å². The molecule has 0 bridgehead atoms. The fourth-order valence-corrected chi connectivity index (χ4v) is 2.16. The van der Waals surface area contributed by atoms with Crippen LogP contribution < -0.4 is 0 Å². The molecular formula is C9H11ClO3S. The molecule has 1 aromatic rings. The molecule has 0 atom stereocenters. The van der Waals surface area contributed by atoms with Crippen LogP contribution in [0.1, 0.15) is 11.1 Å². The summed E-state index contributed by atoms with van der Waals surface area (Å²) in [6.45, 7) is 0.0527. The van der Waals surface area contributed by atoms with E-state index in [-0.39, 0.29) is 12.4 Å². The lowest BCUT2D eigenvalue weighted by Crippen LogP contribution is -1.97. The van der Waals surface area contributed by atoms with E-state index in [4.69, 9.17) is 15.8 Å². The van der Waals surface area contributed by atoms with Gasteiger partial charge in [-0.3, -0.25) is 0 Å². The normalized spacial score (nSPS) is 11.6. The van der Waals surface area contributed by atoms with Gasteiger partial charge in [-0.25, -0.2) is 8.42 Å². The first-order chi connectivity index (χ1) is 6.51. The zero-order valence-electron chi connectivity index (χ0n) is 7.48. The molecule has 0 saturated carbocycles. The van der Waals surface area contributed by atoms with Crippen molar-refractivity contribution in [1.82, 2.24) is 0 Å². The van der Waals surface area contributed by atoms with E-state index in [2.05, 4.69) is 0 Å². The van der Waals surface area contributed by atoms with Gasteiger partial charge in [0.05, 0.1) is 5.75 Å². The van der Waals surface area contributed by atoms with Crippen molar-refractivity contribution in [3.63, 3.8) is 0 Å². The van der Waals surface area contributed by atoms with Crippen molar-refractivity contribution in [3.8, 4) is 0 Å². The summed E-state index contributed by atoms with van der Waals surface area (Å²) in [4.78, 5) is 0. The molecule has 0 aliphatic heterocycles. The first-order valence-corrected chi connectivity index (χ1v) is 6.60. The third kappa shape index (κ3) is 4.09. The summed E-state index contributed by atoms with van der Waals surface area (Å²) < 4.78 is 21.6. The van der Waals surface area contributed by atoms with Crippen LogP contribution in [0.3, 0.4) is 0 Å². The highest BCUT2D eigenvalue weighted by atomic mass is 35.7. The number of hydrogen-bond acceptors (Lipinski definition) is 3. The summed E-state index contributed by atoms with van der Waals surface area (Å²) >= 11 is 0. The molecule has 0 amide bonds. The number of aliphatic hydroxyl groups is 1. The van der Waals surface area contributed by atoms with Gasteiger partial charge in [-0.05, 0) is 17.5 Å². The largest absolute Gasteiger partial charge is 0.396 e. The summed E-state index contributed by atoms with van der Waals surface area (Å²) in [7, 11) is 1.62. The molecule has 1 rings (SSSR count). The van der Waals surface area contributed by atoms with Gasteiger partial charge in [-0.2, -0.15) is 0 Å². The lowest BCUT2D eigenvalue weighted by Gasteiger charge is -2.01. The minimum absolute atomic E-state index is 0.0527. The van der Waals surface area contributed by atoms with E-state index in [9.17, 15) is 8.42 Å². The third-order valence-corrected chi connectivity index (χ3v) is 2.74. The molecule has 1 aromatic carbocycles. The molecule has 1 N–H and O–H groups in total. The van der Waals surface area contributed by atoms with Gasteiger partial charge in [0.15, 0.2) is 0 Å². The smallest absolute Gasteiger partial charge is 0.236 e. The van der Waals surface area contributed by atoms with E-state index in [1.807, 2.05) is 6.07 Å². The van der Waals surface area contributed by atoms with E-state index in [1.165, 1.54) is 0 Å². The molecule has 0 aliphatic carbocycles. The summed E-state index contributed by atoms with van der Waals surface area (Å²) in [5, 5.41) is 8.70. The Morgan fingerprint density at radius 3 is 2.50 bits per heavy atom. The molecule has 0 fully saturated rings. The second-order valence-corrected chi connectivity index (χ2v) is 5.75. The van der Waals surface area contributed by atoms with Gasteiger partial charge < -0.3 is 5.11 Å². The molecule has 0 saturated heterocycles. The molecule has 0 aliphatic rings. The third-order valence-electron chi connectivity index (χ3n) is 1.73. The van der Waals surface area contributed by atoms with Crippen molar-refractivity contribution in [3.05, 3.63) is 35.4 Å². The average molecular weight is 235 g/mol. The predicted octanol–water partition coefficient (Wildman–Crippen LogP) is 1.29. The topological polar surface area (TPSA) is 54.4 Å². The van der Waals surface area contributed by atoms with E-state index >= 15 is 0 Å². The molecule has 0 unspecified atom stereocenters. The van der Waals surface area contributed by atoms with Gasteiger partial charge in [-0.15, -0.1) is 0 Å². The monoisotopic (exact) mass is 234 g/mol. The Bertz CT molecular complexity index is 400. The summed E-state index contributed by atoms with van der Waals surface area (Å²) in [6.07, 6.45) is 0.524. The minimum atomic E-state index is -3.50. The Labute approximate surface area is 87.8 Å². The van der Waals surface area contributed by atoms with Crippen LogP contribution in [0, 0.1) is 0 Å². The maximum absolute atomic E-state index is 10.8. The molecular weight excluding hydrogens is 224 g/mol. The molecule has 0 spiro atoms.